The van der Waals surface area contributed by atoms with E-state index in [1.807, 2.05) is 34.4 Å². The zero-order chi connectivity index (χ0) is 20.5. The number of nitrogens with one attached hydrogen (secondary N) is 2. The van der Waals surface area contributed by atoms with Crippen molar-refractivity contribution in [2.45, 2.75) is 26.2 Å². The minimum Gasteiger partial charge on any atom is -0.356 e. The van der Waals surface area contributed by atoms with Crippen molar-refractivity contribution < 1.29 is 4.79 Å². The second-order valence-corrected chi connectivity index (χ2v) is 8.90. The zero-order valence-electron chi connectivity index (χ0n) is 17.4. The van der Waals surface area contributed by atoms with E-state index in [-0.39, 0.29) is 5.91 Å². The van der Waals surface area contributed by atoms with Gasteiger partial charge in [0.2, 0.25) is 5.91 Å². The van der Waals surface area contributed by atoms with E-state index < -0.39 is 0 Å². The maximum Gasteiger partial charge on any atom is 0.223 e. The van der Waals surface area contributed by atoms with Crippen LogP contribution in [0, 0.1) is 11.8 Å². The van der Waals surface area contributed by atoms with Crippen LogP contribution in [0.5, 0.6) is 0 Å². The predicted molar refractivity (Wildman–Crippen MR) is 121 cm³/mol. The Kier molecular flexibility index (Phi) is 8.11. The van der Waals surface area contributed by atoms with E-state index in [1.54, 1.807) is 7.05 Å². The van der Waals surface area contributed by atoms with Crippen LogP contribution in [0.4, 0.5) is 0 Å². The molecule has 1 aliphatic heterocycles. The van der Waals surface area contributed by atoms with Crippen molar-refractivity contribution in [3.05, 3.63) is 58.3 Å². The number of hydrogen-bond acceptors (Lipinski definition) is 3. The smallest absolute Gasteiger partial charge is 0.223 e. The summed E-state index contributed by atoms with van der Waals surface area (Å²) in [7, 11) is 1.80. The number of thiophene rings is 1. The van der Waals surface area contributed by atoms with Crippen molar-refractivity contribution in [2.75, 3.05) is 33.2 Å². The standard InChI is InChI=1S/C23H32N4OS/c1-18(13-21-9-6-12-29-21)15-25-23(24-2)26-16-20-14-22(28)27(17-20)11-10-19-7-4-3-5-8-19/h3-9,12,18,20H,10-11,13-17H2,1-2H3,(H2,24,25,26). The van der Waals surface area contributed by atoms with Crippen LogP contribution in [0.1, 0.15) is 23.8 Å². The summed E-state index contributed by atoms with van der Waals surface area (Å²) >= 11 is 1.81. The van der Waals surface area contributed by atoms with Gasteiger partial charge in [0.15, 0.2) is 5.96 Å². The lowest BCUT2D eigenvalue weighted by atomic mass is 10.1. The normalized spacial score (nSPS) is 18.1. The van der Waals surface area contributed by atoms with E-state index in [9.17, 15) is 4.79 Å². The van der Waals surface area contributed by atoms with Crippen LogP contribution in [0.3, 0.4) is 0 Å². The number of benzene rings is 1. The summed E-state index contributed by atoms with van der Waals surface area (Å²) in [6.45, 7) is 5.52. The van der Waals surface area contributed by atoms with E-state index in [0.29, 0.717) is 18.3 Å². The number of likely N-dealkylation sites (tertiary alicyclic amines) is 1. The third kappa shape index (κ3) is 6.89. The molecule has 1 aromatic heterocycles. The summed E-state index contributed by atoms with van der Waals surface area (Å²) in [4.78, 5) is 20.1. The Morgan fingerprint density at radius 2 is 2.07 bits per heavy atom. The molecular formula is C23H32N4OS. The van der Waals surface area contributed by atoms with Gasteiger partial charge >= 0.3 is 0 Å². The van der Waals surface area contributed by atoms with Gasteiger partial charge in [-0.25, -0.2) is 0 Å². The second-order valence-electron chi connectivity index (χ2n) is 7.87. The van der Waals surface area contributed by atoms with Gasteiger partial charge in [0.25, 0.3) is 0 Å². The highest BCUT2D eigenvalue weighted by atomic mass is 32.1. The van der Waals surface area contributed by atoms with Crippen molar-refractivity contribution in [2.24, 2.45) is 16.8 Å². The van der Waals surface area contributed by atoms with Crippen LogP contribution in [-0.2, 0) is 17.6 Å². The van der Waals surface area contributed by atoms with Gasteiger partial charge in [0.1, 0.15) is 0 Å². The van der Waals surface area contributed by atoms with Crippen molar-refractivity contribution in [1.82, 2.24) is 15.5 Å². The van der Waals surface area contributed by atoms with Crippen LogP contribution in [0.15, 0.2) is 52.8 Å². The van der Waals surface area contributed by atoms with E-state index in [4.69, 9.17) is 0 Å². The molecule has 2 heterocycles. The Morgan fingerprint density at radius 1 is 1.24 bits per heavy atom. The van der Waals surface area contributed by atoms with E-state index >= 15 is 0 Å². The number of aliphatic imine (C=N–C) groups is 1. The van der Waals surface area contributed by atoms with E-state index in [2.05, 4.69) is 52.2 Å². The molecule has 0 saturated carbocycles. The van der Waals surface area contributed by atoms with Gasteiger partial charge in [-0.1, -0.05) is 43.3 Å². The van der Waals surface area contributed by atoms with Crippen molar-refractivity contribution in [3.8, 4) is 0 Å². The SMILES string of the molecule is CN=C(NCC(C)Cc1cccs1)NCC1CC(=O)N(CCc2ccccc2)C1. The molecule has 1 amide bonds. The molecule has 2 N–H and O–H groups in total. The number of hydrogen-bond donors (Lipinski definition) is 2. The highest BCUT2D eigenvalue weighted by Gasteiger charge is 2.29. The maximum absolute atomic E-state index is 12.3. The average molecular weight is 413 g/mol. The summed E-state index contributed by atoms with van der Waals surface area (Å²) in [6, 6.07) is 14.7. The zero-order valence-corrected chi connectivity index (χ0v) is 18.3. The fourth-order valence-corrected chi connectivity index (χ4v) is 4.56. The molecule has 2 aromatic rings. The van der Waals surface area contributed by atoms with Crippen LogP contribution in [-0.4, -0.2) is 50.0 Å². The summed E-state index contributed by atoms with van der Waals surface area (Å²) in [5.74, 6) is 1.95. The first-order valence-electron chi connectivity index (χ1n) is 10.4. The lowest BCUT2D eigenvalue weighted by molar-refractivity contribution is -0.127. The Bertz CT molecular complexity index is 775. The molecule has 156 valence electrons. The minimum atomic E-state index is 0.264. The Labute approximate surface area is 178 Å². The number of carbonyl (C=O) groups is 1. The fraction of sp³-hybridized carbons (Fsp3) is 0.478. The monoisotopic (exact) mass is 412 g/mol. The number of carbonyl (C=O) groups excluding carboxylic acids is 1. The molecule has 6 heteroatoms. The third-order valence-corrected chi connectivity index (χ3v) is 6.24. The largest absolute Gasteiger partial charge is 0.356 e. The van der Waals surface area contributed by atoms with Crippen LogP contribution < -0.4 is 10.6 Å². The van der Waals surface area contributed by atoms with Gasteiger partial charge in [-0.05, 0) is 35.8 Å². The Hall–Kier alpha value is -2.34. The van der Waals surface area contributed by atoms with Gasteiger partial charge in [-0.3, -0.25) is 9.79 Å². The Balaban J connectivity index is 1.36. The van der Waals surface area contributed by atoms with Gasteiger partial charge in [0.05, 0.1) is 0 Å². The molecule has 0 spiro atoms. The summed E-state index contributed by atoms with van der Waals surface area (Å²) in [5, 5.41) is 8.95. The molecule has 0 radical (unpaired) electrons. The van der Waals surface area contributed by atoms with Crippen molar-refractivity contribution in [3.63, 3.8) is 0 Å². The molecule has 1 saturated heterocycles. The first-order chi connectivity index (χ1) is 14.1. The molecule has 1 aliphatic rings. The molecule has 29 heavy (non-hydrogen) atoms. The maximum atomic E-state index is 12.3. The van der Waals surface area contributed by atoms with Crippen LogP contribution in [0.2, 0.25) is 0 Å². The fourth-order valence-electron chi connectivity index (χ4n) is 3.69. The summed E-state index contributed by atoms with van der Waals surface area (Å²) in [5.41, 5.74) is 1.28. The quantitative estimate of drug-likeness (QED) is 0.491. The molecule has 2 unspecified atom stereocenters. The van der Waals surface area contributed by atoms with Crippen molar-refractivity contribution in [1.29, 1.82) is 0 Å². The van der Waals surface area contributed by atoms with E-state index in [0.717, 1.165) is 45.0 Å². The number of rotatable bonds is 9. The lowest BCUT2D eigenvalue weighted by Crippen LogP contribution is -2.42. The van der Waals surface area contributed by atoms with Gasteiger partial charge in [0, 0.05) is 50.4 Å². The molecular weight excluding hydrogens is 380 g/mol. The molecule has 1 fully saturated rings. The second kappa shape index (κ2) is 11.0. The third-order valence-electron chi connectivity index (χ3n) is 5.34. The molecule has 0 bridgehead atoms. The molecule has 2 atom stereocenters. The molecule has 3 rings (SSSR count). The lowest BCUT2D eigenvalue weighted by Gasteiger charge is -2.19. The van der Waals surface area contributed by atoms with Gasteiger partial charge < -0.3 is 15.5 Å². The minimum absolute atomic E-state index is 0.264. The number of guanidine groups is 1. The highest BCUT2D eigenvalue weighted by molar-refractivity contribution is 7.09. The first kappa shape index (κ1) is 21.4. The Morgan fingerprint density at radius 3 is 2.79 bits per heavy atom. The number of nitrogens with zero attached hydrogens (tertiary/aromatic N) is 2. The summed E-state index contributed by atoms with van der Waals surface area (Å²) in [6.07, 6.45) is 2.61. The number of amides is 1. The van der Waals surface area contributed by atoms with Crippen molar-refractivity contribution >= 4 is 23.2 Å². The van der Waals surface area contributed by atoms with E-state index in [1.165, 1.54) is 10.4 Å². The molecule has 5 nitrogen and oxygen atoms in total. The molecule has 0 aliphatic carbocycles. The van der Waals surface area contributed by atoms with Gasteiger partial charge in [-0.15, -0.1) is 11.3 Å². The van der Waals surface area contributed by atoms with Gasteiger partial charge in [-0.2, -0.15) is 0 Å². The van der Waals surface area contributed by atoms with Crippen LogP contribution in [0.25, 0.3) is 0 Å². The molecule has 1 aromatic carbocycles. The highest BCUT2D eigenvalue weighted by Crippen LogP contribution is 2.18. The first-order valence-corrected chi connectivity index (χ1v) is 11.3. The van der Waals surface area contributed by atoms with Crippen LogP contribution >= 0.6 is 11.3 Å². The predicted octanol–water partition coefficient (Wildman–Crippen LogP) is 3.18. The summed E-state index contributed by atoms with van der Waals surface area (Å²) < 4.78 is 0. The average Bonchev–Trinajstić information content (AvgIpc) is 3.36. The topological polar surface area (TPSA) is 56.7 Å².